The quantitative estimate of drug-likeness (QED) is 0.568. The van der Waals surface area contributed by atoms with Gasteiger partial charge in [-0.25, -0.2) is 9.37 Å². The summed E-state index contributed by atoms with van der Waals surface area (Å²) >= 11 is 4.87. The Labute approximate surface area is 175 Å². The average molecular weight is 460 g/mol. The molecule has 0 saturated carbocycles. The van der Waals surface area contributed by atoms with Gasteiger partial charge in [0.25, 0.3) is 5.91 Å². The molecule has 1 aromatic heterocycles. The number of thiazole rings is 1. The highest BCUT2D eigenvalue weighted by atomic mass is 79.9. The van der Waals surface area contributed by atoms with Crippen molar-refractivity contribution >= 4 is 33.2 Å². The van der Waals surface area contributed by atoms with E-state index in [1.807, 2.05) is 18.2 Å². The normalized spacial score (nSPS) is 15.0. The molecule has 0 N–H and O–H groups in total. The maximum absolute atomic E-state index is 14.1. The van der Waals surface area contributed by atoms with Crippen molar-refractivity contribution in [3.8, 4) is 10.6 Å². The Bertz CT molecular complexity index is 971. The molecule has 1 amide bonds. The van der Waals surface area contributed by atoms with E-state index in [-0.39, 0.29) is 11.5 Å². The van der Waals surface area contributed by atoms with Gasteiger partial charge in [-0.2, -0.15) is 0 Å². The molecule has 1 saturated heterocycles. The van der Waals surface area contributed by atoms with Gasteiger partial charge >= 0.3 is 0 Å². The van der Waals surface area contributed by atoms with Crippen LogP contribution in [0, 0.1) is 5.82 Å². The third-order valence-electron chi connectivity index (χ3n) is 4.78. The van der Waals surface area contributed by atoms with Crippen LogP contribution in [0.3, 0.4) is 0 Å². The zero-order chi connectivity index (χ0) is 19.5. The van der Waals surface area contributed by atoms with Gasteiger partial charge in [0, 0.05) is 48.1 Å². The number of aromatic nitrogens is 1. The van der Waals surface area contributed by atoms with Gasteiger partial charge in [0.1, 0.15) is 10.8 Å². The van der Waals surface area contributed by atoms with Crippen LogP contribution in [0.2, 0.25) is 0 Å². The first-order valence-corrected chi connectivity index (χ1v) is 10.7. The van der Waals surface area contributed by atoms with E-state index >= 15 is 0 Å². The molecular formula is C21H19BrFN3OS. The molecule has 0 spiro atoms. The lowest BCUT2D eigenvalue weighted by atomic mass is 10.1. The molecule has 0 radical (unpaired) electrons. The van der Waals surface area contributed by atoms with E-state index in [2.05, 4.69) is 38.3 Å². The van der Waals surface area contributed by atoms with Crippen LogP contribution >= 0.6 is 27.3 Å². The fourth-order valence-corrected chi connectivity index (χ4v) is 4.41. The zero-order valence-electron chi connectivity index (χ0n) is 15.1. The first kappa shape index (κ1) is 19.2. The number of piperazine rings is 1. The summed E-state index contributed by atoms with van der Waals surface area (Å²) in [5, 5.41) is 3.12. The molecule has 0 bridgehead atoms. The first-order valence-electron chi connectivity index (χ1n) is 9.06. The summed E-state index contributed by atoms with van der Waals surface area (Å²) in [6, 6.07) is 14.7. The summed E-state index contributed by atoms with van der Waals surface area (Å²) in [5.41, 5.74) is 2.30. The predicted octanol–water partition coefficient (Wildman–Crippen LogP) is 4.67. The molecule has 2 aromatic carbocycles. The Balaban J connectivity index is 1.34. The lowest BCUT2D eigenvalue weighted by Crippen LogP contribution is -2.48. The zero-order valence-corrected chi connectivity index (χ0v) is 17.5. The lowest BCUT2D eigenvalue weighted by molar-refractivity contribution is 0.0623. The Kier molecular flexibility index (Phi) is 5.85. The average Bonchev–Trinajstić information content (AvgIpc) is 3.17. The van der Waals surface area contributed by atoms with Crippen molar-refractivity contribution in [2.75, 3.05) is 26.2 Å². The minimum Gasteiger partial charge on any atom is -0.336 e. The maximum Gasteiger partial charge on any atom is 0.256 e. The summed E-state index contributed by atoms with van der Waals surface area (Å²) in [4.78, 5) is 21.3. The molecular weight excluding hydrogens is 441 g/mol. The Morgan fingerprint density at radius 3 is 2.57 bits per heavy atom. The number of amides is 1. The van der Waals surface area contributed by atoms with E-state index in [9.17, 15) is 9.18 Å². The van der Waals surface area contributed by atoms with Crippen LogP contribution in [0.1, 0.15) is 16.1 Å². The standard InChI is InChI=1S/C21H19BrFN3OS/c22-16-6-7-18(19(23)12-16)21(27)26-10-8-25(9-11-26)13-17-14-28-20(24-17)15-4-2-1-3-5-15/h1-7,12,14H,8-11,13H2. The SMILES string of the molecule is O=C(c1ccc(Br)cc1F)N1CCN(Cc2csc(-c3ccccc3)n2)CC1. The smallest absolute Gasteiger partial charge is 0.256 e. The summed E-state index contributed by atoms with van der Waals surface area (Å²) < 4.78 is 14.7. The van der Waals surface area contributed by atoms with Gasteiger partial charge in [0.15, 0.2) is 0 Å². The highest BCUT2D eigenvalue weighted by Gasteiger charge is 2.24. The molecule has 4 rings (SSSR count). The number of benzene rings is 2. The highest BCUT2D eigenvalue weighted by Crippen LogP contribution is 2.24. The Morgan fingerprint density at radius 1 is 1.11 bits per heavy atom. The number of hydrogen-bond acceptors (Lipinski definition) is 4. The van der Waals surface area contributed by atoms with E-state index < -0.39 is 5.82 Å². The van der Waals surface area contributed by atoms with Crippen molar-refractivity contribution in [2.45, 2.75) is 6.54 Å². The van der Waals surface area contributed by atoms with Gasteiger partial charge in [-0.1, -0.05) is 46.3 Å². The highest BCUT2D eigenvalue weighted by molar-refractivity contribution is 9.10. The third kappa shape index (κ3) is 4.32. The second kappa shape index (κ2) is 8.51. The van der Waals surface area contributed by atoms with Crippen molar-refractivity contribution in [1.29, 1.82) is 0 Å². The molecule has 1 aliphatic rings. The minimum absolute atomic E-state index is 0.128. The molecule has 1 fully saturated rings. The number of hydrogen-bond donors (Lipinski definition) is 0. The first-order chi connectivity index (χ1) is 13.6. The van der Waals surface area contributed by atoms with Crippen LogP contribution in [-0.4, -0.2) is 46.9 Å². The van der Waals surface area contributed by atoms with Gasteiger partial charge in [-0.05, 0) is 18.2 Å². The monoisotopic (exact) mass is 459 g/mol. The number of halogens is 2. The third-order valence-corrected chi connectivity index (χ3v) is 6.21. The Morgan fingerprint density at radius 2 is 1.86 bits per heavy atom. The molecule has 7 heteroatoms. The Hall–Kier alpha value is -2.09. The van der Waals surface area contributed by atoms with Gasteiger partial charge in [0.2, 0.25) is 0 Å². The molecule has 144 valence electrons. The number of carbonyl (C=O) groups is 1. The second-order valence-electron chi connectivity index (χ2n) is 6.70. The van der Waals surface area contributed by atoms with Crippen LogP contribution < -0.4 is 0 Å². The molecule has 4 nitrogen and oxygen atoms in total. The number of nitrogens with zero attached hydrogens (tertiary/aromatic N) is 3. The van der Waals surface area contributed by atoms with E-state index in [0.717, 1.165) is 35.9 Å². The van der Waals surface area contributed by atoms with Crippen molar-refractivity contribution < 1.29 is 9.18 Å². The van der Waals surface area contributed by atoms with E-state index in [0.29, 0.717) is 17.6 Å². The van der Waals surface area contributed by atoms with Crippen LogP contribution in [0.5, 0.6) is 0 Å². The summed E-state index contributed by atoms with van der Waals surface area (Å²) in [6.45, 7) is 3.44. The summed E-state index contributed by atoms with van der Waals surface area (Å²) in [7, 11) is 0. The van der Waals surface area contributed by atoms with Crippen molar-refractivity contribution in [3.05, 3.63) is 75.5 Å². The van der Waals surface area contributed by atoms with Crippen LogP contribution in [0.4, 0.5) is 4.39 Å². The summed E-state index contributed by atoms with van der Waals surface area (Å²) in [5.74, 6) is -0.734. The maximum atomic E-state index is 14.1. The fourth-order valence-electron chi connectivity index (χ4n) is 3.26. The lowest BCUT2D eigenvalue weighted by Gasteiger charge is -2.34. The predicted molar refractivity (Wildman–Crippen MR) is 113 cm³/mol. The molecule has 0 unspecified atom stereocenters. The number of rotatable bonds is 4. The van der Waals surface area contributed by atoms with Crippen molar-refractivity contribution in [3.63, 3.8) is 0 Å². The van der Waals surface area contributed by atoms with Gasteiger partial charge < -0.3 is 4.90 Å². The van der Waals surface area contributed by atoms with Crippen LogP contribution in [0.15, 0.2) is 58.4 Å². The topological polar surface area (TPSA) is 36.4 Å². The van der Waals surface area contributed by atoms with Crippen molar-refractivity contribution in [2.24, 2.45) is 0 Å². The summed E-state index contributed by atoms with van der Waals surface area (Å²) in [6.07, 6.45) is 0. The fraction of sp³-hybridized carbons (Fsp3) is 0.238. The van der Waals surface area contributed by atoms with E-state index in [4.69, 9.17) is 4.98 Å². The second-order valence-corrected chi connectivity index (χ2v) is 8.48. The molecule has 1 aliphatic heterocycles. The molecule has 2 heterocycles. The molecule has 28 heavy (non-hydrogen) atoms. The van der Waals surface area contributed by atoms with Crippen LogP contribution in [-0.2, 0) is 6.54 Å². The van der Waals surface area contributed by atoms with Gasteiger partial charge in [-0.15, -0.1) is 11.3 Å². The molecule has 0 aliphatic carbocycles. The van der Waals surface area contributed by atoms with E-state index in [1.165, 1.54) is 12.1 Å². The number of carbonyl (C=O) groups excluding carboxylic acids is 1. The van der Waals surface area contributed by atoms with E-state index in [1.54, 1.807) is 22.3 Å². The molecule has 3 aromatic rings. The molecule has 0 atom stereocenters. The largest absolute Gasteiger partial charge is 0.336 e. The van der Waals surface area contributed by atoms with Crippen molar-refractivity contribution in [1.82, 2.24) is 14.8 Å². The van der Waals surface area contributed by atoms with Gasteiger partial charge in [0.05, 0.1) is 11.3 Å². The van der Waals surface area contributed by atoms with Crippen LogP contribution in [0.25, 0.3) is 10.6 Å². The van der Waals surface area contributed by atoms with Gasteiger partial charge in [-0.3, -0.25) is 9.69 Å². The minimum atomic E-state index is -0.488.